The molecule has 0 bridgehead atoms. The lowest BCUT2D eigenvalue weighted by Gasteiger charge is -2.10. The van der Waals surface area contributed by atoms with E-state index in [2.05, 4.69) is 39.6 Å². The van der Waals surface area contributed by atoms with E-state index in [9.17, 15) is 0 Å². The monoisotopic (exact) mass is 406 g/mol. The van der Waals surface area contributed by atoms with Crippen LogP contribution in [0, 0.1) is 0 Å². The van der Waals surface area contributed by atoms with Crippen molar-refractivity contribution in [1.82, 2.24) is 30.5 Å². The van der Waals surface area contributed by atoms with Gasteiger partial charge in [-0.2, -0.15) is 4.98 Å². The van der Waals surface area contributed by atoms with E-state index in [0.717, 1.165) is 23.6 Å². The van der Waals surface area contributed by atoms with Gasteiger partial charge in [-0.3, -0.25) is 0 Å². The number of likely N-dealkylation sites (N-methyl/N-ethyl adjacent to an activating group) is 1. The Morgan fingerprint density at radius 1 is 1.18 bits per heavy atom. The van der Waals surface area contributed by atoms with Crippen molar-refractivity contribution in [2.24, 2.45) is 0 Å². The quantitative estimate of drug-likeness (QED) is 0.613. The van der Waals surface area contributed by atoms with Gasteiger partial charge in [-0.1, -0.05) is 17.3 Å². The number of hydrogen-bond acceptors (Lipinski definition) is 7. The van der Waals surface area contributed by atoms with Crippen molar-refractivity contribution in [3.05, 3.63) is 35.8 Å². The van der Waals surface area contributed by atoms with E-state index in [1.165, 1.54) is 0 Å². The first-order valence-electron chi connectivity index (χ1n) is 9.23. The molecule has 3 rings (SSSR count). The molecular weight excluding hydrogens is 380 g/mol. The van der Waals surface area contributed by atoms with Crippen molar-refractivity contribution in [2.75, 3.05) is 7.05 Å². The molecular formula is C19H27ClN6O2. The lowest BCUT2D eigenvalue weighted by molar-refractivity contribution is 0.242. The lowest BCUT2D eigenvalue weighted by atomic mass is 10.2. The molecule has 0 amide bonds. The number of hydrogen-bond donors (Lipinski definition) is 1. The van der Waals surface area contributed by atoms with Gasteiger partial charge in [0.05, 0.1) is 17.5 Å². The van der Waals surface area contributed by atoms with Crippen LogP contribution in [0.4, 0.5) is 0 Å². The van der Waals surface area contributed by atoms with Gasteiger partial charge in [0.15, 0.2) is 11.5 Å². The zero-order valence-corrected chi connectivity index (χ0v) is 17.7. The third-order valence-electron chi connectivity index (χ3n) is 4.20. The summed E-state index contributed by atoms with van der Waals surface area (Å²) in [5, 5.41) is 15.8. The number of halogens is 1. The maximum absolute atomic E-state index is 5.70. The average molecular weight is 407 g/mol. The summed E-state index contributed by atoms with van der Waals surface area (Å²) < 4.78 is 12.9. The van der Waals surface area contributed by atoms with Crippen molar-refractivity contribution in [2.45, 2.75) is 52.7 Å². The van der Waals surface area contributed by atoms with Crippen LogP contribution in [-0.2, 0) is 12.8 Å². The first kappa shape index (κ1) is 21.8. The summed E-state index contributed by atoms with van der Waals surface area (Å²) in [5.74, 6) is 1.88. The van der Waals surface area contributed by atoms with Gasteiger partial charge in [0, 0.05) is 12.5 Å². The van der Waals surface area contributed by atoms with Crippen LogP contribution in [-0.4, -0.2) is 44.3 Å². The number of rotatable bonds is 8. The SMILES string of the molecule is CCc1c(-c2nc(CC(C)NC)no2)nnn1-c1ccc(OC(C)C)cc1.Cl. The molecule has 0 radical (unpaired) electrons. The Morgan fingerprint density at radius 3 is 2.50 bits per heavy atom. The van der Waals surface area contributed by atoms with E-state index in [1.807, 2.05) is 45.2 Å². The van der Waals surface area contributed by atoms with Crippen molar-refractivity contribution in [1.29, 1.82) is 0 Å². The summed E-state index contributed by atoms with van der Waals surface area (Å²) in [6.45, 7) is 8.12. The molecule has 9 heteroatoms. The minimum atomic E-state index is 0. The highest BCUT2D eigenvalue weighted by atomic mass is 35.5. The van der Waals surface area contributed by atoms with Gasteiger partial charge < -0.3 is 14.6 Å². The summed E-state index contributed by atoms with van der Waals surface area (Å²) in [5.41, 5.74) is 2.45. The van der Waals surface area contributed by atoms with E-state index < -0.39 is 0 Å². The highest BCUT2D eigenvalue weighted by Gasteiger charge is 2.20. The third-order valence-corrected chi connectivity index (χ3v) is 4.20. The maximum atomic E-state index is 5.70. The lowest BCUT2D eigenvalue weighted by Crippen LogP contribution is -2.24. The van der Waals surface area contributed by atoms with Crippen molar-refractivity contribution < 1.29 is 9.26 Å². The summed E-state index contributed by atoms with van der Waals surface area (Å²) in [6, 6.07) is 8.05. The summed E-state index contributed by atoms with van der Waals surface area (Å²) in [6.07, 6.45) is 1.56. The number of benzene rings is 1. The van der Waals surface area contributed by atoms with Crippen LogP contribution in [0.15, 0.2) is 28.8 Å². The Morgan fingerprint density at radius 2 is 1.89 bits per heavy atom. The maximum Gasteiger partial charge on any atom is 0.280 e. The van der Waals surface area contributed by atoms with Gasteiger partial charge in [0.25, 0.3) is 5.89 Å². The highest BCUT2D eigenvalue weighted by molar-refractivity contribution is 5.85. The highest BCUT2D eigenvalue weighted by Crippen LogP contribution is 2.24. The topological polar surface area (TPSA) is 90.9 Å². The predicted molar refractivity (Wildman–Crippen MR) is 109 cm³/mol. The smallest absolute Gasteiger partial charge is 0.280 e. The molecule has 1 N–H and O–H groups in total. The molecule has 3 aromatic rings. The molecule has 1 aromatic carbocycles. The van der Waals surface area contributed by atoms with E-state index in [0.29, 0.717) is 23.8 Å². The molecule has 0 fully saturated rings. The normalized spacial score (nSPS) is 12.1. The predicted octanol–water partition coefficient (Wildman–Crippen LogP) is 3.24. The van der Waals surface area contributed by atoms with Gasteiger partial charge in [-0.15, -0.1) is 17.5 Å². The minimum absolute atomic E-state index is 0. The molecule has 0 aliphatic carbocycles. The fourth-order valence-electron chi connectivity index (χ4n) is 2.74. The Balaban J connectivity index is 0.00000280. The molecule has 2 aromatic heterocycles. The zero-order valence-electron chi connectivity index (χ0n) is 16.8. The first-order chi connectivity index (χ1) is 13.0. The van der Waals surface area contributed by atoms with Gasteiger partial charge in [0.2, 0.25) is 0 Å². The molecule has 0 saturated carbocycles. The molecule has 0 spiro atoms. The summed E-state index contributed by atoms with van der Waals surface area (Å²) >= 11 is 0. The number of nitrogens with zero attached hydrogens (tertiary/aromatic N) is 5. The fraction of sp³-hybridized carbons (Fsp3) is 0.474. The number of ether oxygens (including phenoxy) is 1. The molecule has 0 aliphatic rings. The molecule has 1 atom stereocenters. The van der Waals surface area contributed by atoms with Crippen LogP contribution in [0.2, 0.25) is 0 Å². The first-order valence-corrected chi connectivity index (χ1v) is 9.23. The molecule has 2 heterocycles. The number of nitrogens with one attached hydrogen (secondary N) is 1. The molecule has 152 valence electrons. The zero-order chi connectivity index (χ0) is 19.4. The molecule has 0 saturated heterocycles. The van der Waals surface area contributed by atoms with Crippen LogP contribution in [0.5, 0.6) is 5.75 Å². The molecule has 28 heavy (non-hydrogen) atoms. The third kappa shape index (κ3) is 4.88. The van der Waals surface area contributed by atoms with Crippen LogP contribution in [0.25, 0.3) is 17.3 Å². The van der Waals surface area contributed by atoms with Crippen LogP contribution in [0.1, 0.15) is 39.2 Å². The average Bonchev–Trinajstić information content (AvgIpc) is 3.28. The van der Waals surface area contributed by atoms with Crippen LogP contribution in [0.3, 0.4) is 0 Å². The van der Waals surface area contributed by atoms with Crippen LogP contribution >= 0.6 is 12.4 Å². The van der Waals surface area contributed by atoms with Gasteiger partial charge in [-0.25, -0.2) is 4.68 Å². The molecule has 1 unspecified atom stereocenters. The van der Waals surface area contributed by atoms with E-state index in [1.54, 1.807) is 4.68 Å². The van der Waals surface area contributed by atoms with Crippen molar-refractivity contribution in [3.63, 3.8) is 0 Å². The van der Waals surface area contributed by atoms with Gasteiger partial charge in [0.1, 0.15) is 5.75 Å². The molecule has 0 aliphatic heterocycles. The largest absolute Gasteiger partial charge is 0.491 e. The second kappa shape index (κ2) is 9.66. The summed E-state index contributed by atoms with van der Waals surface area (Å²) in [4.78, 5) is 4.48. The molecule has 8 nitrogen and oxygen atoms in total. The fourth-order valence-corrected chi connectivity index (χ4v) is 2.74. The standard InChI is InChI=1S/C19H26N6O2.ClH/c1-6-16-18(19-21-17(23-27-19)11-13(4)20-5)22-24-25(16)14-7-9-15(10-8-14)26-12(2)3;/h7-10,12-13,20H,6,11H2,1-5H3;1H. The summed E-state index contributed by atoms with van der Waals surface area (Å²) in [7, 11) is 1.91. The van der Waals surface area contributed by atoms with E-state index in [-0.39, 0.29) is 24.6 Å². The second-order valence-electron chi connectivity index (χ2n) is 6.72. The van der Waals surface area contributed by atoms with Gasteiger partial charge in [-0.05, 0) is 58.5 Å². The van der Waals surface area contributed by atoms with Crippen molar-refractivity contribution in [3.8, 4) is 23.0 Å². The number of aromatic nitrogens is 5. The Labute approximate surface area is 171 Å². The Bertz CT molecular complexity index is 875. The minimum Gasteiger partial charge on any atom is -0.491 e. The van der Waals surface area contributed by atoms with Gasteiger partial charge >= 0.3 is 0 Å². The second-order valence-corrected chi connectivity index (χ2v) is 6.72. The van der Waals surface area contributed by atoms with E-state index >= 15 is 0 Å². The van der Waals surface area contributed by atoms with E-state index in [4.69, 9.17) is 9.26 Å². The Hall–Kier alpha value is -2.45. The van der Waals surface area contributed by atoms with Crippen molar-refractivity contribution >= 4 is 12.4 Å². The van der Waals surface area contributed by atoms with Crippen LogP contribution < -0.4 is 10.1 Å². The Kier molecular flexibility index (Phi) is 7.53.